The molecule has 0 saturated carbocycles. The van der Waals surface area contributed by atoms with Crippen molar-refractivity contribution in [2.45, 2.75) is 98.8 Å². The fourth-order valence-electron chi connectivity index (χ4n) is 3.32. The van der Waals surface area contributed by atoms with Crippen LogP contribution in [0.1, 0.15) is 98.8 Å². The fourth-order valence-corrected chi connectivity index (χ4v) is 3.32. The first-order valence-electron chi connectivity index (χ1n) is 10.9. The fraction of sp³-hybridized carbons (Fsp3) is 0.750. The summed E-state index contributed by atoms with van der Waals surface area (Å²) in [6.07, 6.45) is 11.7. The van der Waals surface area contributed by atoms with E-state index in [1.165, 1.54) is 45.4 Å². The average Bonchev–Trinajstić information content (AvgIpc) is 2.66. The van der Waals surface area contributed by atoms with E-state index < -0.39 is 11.9 Å². The molecule has 0 aliphatic heterocycles. The van der Waals surface area contributed by atoms with Crippen LogP contribution >= 0.6 is 0 Å². The van der Waals surface area contributed by atoms with Gasteiger partial charge in [0.2, 0.25) is 0 Å². The molecule has 0 amide bonds. The molecule has 0 aromatic heterocycles. The Balaban J connectivity index is 0. The summed E-state index contributed by atoms with van der Waals surface area (Å²) in [4.78, 5) is 21.0. The van der Waals surface area contributed by atoms with Gasteiger partial charge >= 0.3 is 11.9 Å². The second-order valence-corrected chi connectivity index (χ2v) is 7.92. The highest BCUT2D eigenvalue weighted by Gasteiger charge is 2.24. The molecule has 2 atom stereocenters. The van der Waals surface area contributed by atoms with Gasteiger partial charge in [-0.25, -0.2) is 9.59 Å². The number of hydrogen-bond donors (Lipinski definition) is 2. The van der Waals surface area contributed by atoms with Crippen LogP contribution in [0.4, 0.5) is 0 Å². The quantitative estimate of drug-likeness (QED) is 0.289. The molecule has 28 heavy (non-hydrogen) atoms. The van der Waals surface area contributed by atoms with Gasteiger partial charge in [-0.15, -0.1) is 0 Å². The van der Waals surface area contributed by atoms with Crippen molar-refractivity contribution >= 4 is 11.9 Å². The zero-order chi connectivity index (χ0) is 22.1. The molecule has 0 saturated heterocycles. The first-order chi connectivity index (χ1) is 13.1. The van der Waals surface area contributed by atoms with Gasteiger partial charge in [-0.1, -0.05) is 92.2 Å². The van der Waals surface area contributed by atoms with E-state index in [2.05, 4.69) is 40.9 Å². The lowest BCUT2D eigenvalue weighted by atomic mass is 9.78. The van der Waals surface area contributed by atoms with Gasteiger partial charge in [-0.2, -0.15) is 0 Å². The molecule has 0 rings (SSSR count). The zero-order valence-corrected chi connectivity index (χ0v) is 18.9. The normalized spacial score (nSPS) is 13.6. The zero-order valence-electron chi connectivity index (χ0n) is 18.9. The van der Waals surface area contributed by atoms with Crippen molar-refractivity contribution in [3.63, 3.8) is 0 Å². The molecule has 4 nitrogen and oxygen atoms in total. The summed E-state index contributed by atoms with van der Waals surface area (Å²) in [5, 5.41) is 17.3. The Hall–Kier alpha value is -1.58. The minimum absolute atomic E-state index is 0.154. The van der Waals surface area contributed by atoms with Crippen molar-refractivity contribution in [2.24, 2.45) is 17.8 Å². The molecule has 2 unspecified atom stereocenters. The largest absolute Gasteiger partial charge is 0.478 e. The van der Waals surface area contributed by atoms with Gasteiger partial charge in [0, 0.05) is 11.1 Å². The highest BCUT2D eigenvalue weighted by molar-refractivity contribution is 5.86. The van der Waals surface area contributed by atoms with E-state index in [9.17, 15) is 14.7 Å². The van der Waals surface area contributed by atoms with Crippen LogP contribution in [0, 0.1) is 17.8 Å². The summed E-state index contributed by atoms with van der Waals surface area (Å²) < 4.78 is 0. The number of hydrogen-bond acceptors (Lipinski definition) is 2. The van der Waals surface area contributed by atoms with Gasteiger partial charge in [0.1, 0.15) is 0 Å². The molecular formula is C24H44O4. The number of rotatable bonds is 15. The van der Waals surface area contributed by atoms with E-state index in [1.807, 2.05) is 0 Å². The van der Waals surface area contributed by atoms with Crippen LogP contribution in [0.2, 0.25) is 0 Å². The van der Waals surface area contributed by atoms with Crippen molar-refractivity contribution in [3.8, 4) is 0 Å². The van der Waals surface area contributed by atoms with E-state index in [-0.39, 0.29) is 11.5 Å². The Morgan fingerprint density at radius 1 is 0.786 bits per heavy atom. The minimum Gasteiger partial charge on any atom is -0.478 e. The van der Waals surface area contributed by atoms with Crippen molar-refractivity contribution in [3.05, 3.63) is 24.3 Å². The first kappa shape index (κ1) is 28.6. The van der Waals surface area contributed by atoms with E-state index >= 15 is 0 Å². The van der Waals surface area contributed by atoms with Gasteiger partial charge in [0.15, 0.2) is 0 Å². The Labute approximate surface area is 173 Å². The van der Waals surface area contributed by atoms with Crippen LogP contribution in [0.25, 0.3) is 0 Å². The third kappa shape index (κ3) is 14.5. The van der Waals surface area contributed by atoms with E-state index in [0.29, 0.717) is 17.4 Å². The molecule has 0 fully saturated rings. The van der Waals surface area contributed by atoms with E-state index in [1.54, 1.807) is 0 Å². The van der Waals surface area contributed by atoms with Crippen LogP contribution < -0.4 is 0 Å². The summed E-state index contributed by atoms with van der Waals surface area (Å²) >= 11 is 0. The van der Waals surface area contributed by atoms with E-state index in [4.69, 9.17) is 5.11 Å². The maximum absolute atomic E-state index is 11.4. The van der Waals surface area contributed by atoms with Crippen LogP contribution in [0.3, 0.4) is 0 Å². The van der Waals surface area contributed by atoms with Crippen molar-refractivity contribution in [1.29, 1.82) is 0 Å². The second-order valence-electron chi connectivity index (χ2n) is 7.92. The number of carbonyl (C=O) groups is 2. The molecule has 164 valence electrons. The van der Waals surface area contributed by atoms with Crippen LogP contribution in [0.5, 0.6) is 0 Å². The van der Waals surface area contributed by atoms with Gasteiger partial charge in [-0.05, 0) is 37.5 Å². The Kier molecular flexibility index (Phi) is 17.9. The van der Waals surface area contributed by atoms with Crippen molar-refractivity contribution in [2.75, 3.05) is 0 Å². The molecule has 0 radical (unpaired) electrons. The van der Waals surface area contributed by atoms with Gasteiger partial charge < -0.3 is 10.2 Å². The predicted octanol–water partition coefficient (Wildman–Crippen LogP) is 7.10. The lowest BCUT2D eigenvalue weighted by molar-refractivity contribution is -0.134. The molecule has 0 bridgehead atoms. The summed E-state index contributed by atoms with van der Waals surface area (Å²) in [5.41, 5.74) is 0.611. The maximum atomic E-state index is 11.4. The Bertz CT molecular complexity index is 437. The molecule has 0 heterocycles. The van der Waals surface area contributed by atoms with Gasteiger partial charge in [0.05, 0.1) is 0 Å². The first-order valence-corrected chi connectivity index (χ1v) is 10.9. The summed E-state index contributed by atoms with van der Waals surface area (Å²) in [7, 11) is 0. The number of aliphatic carboxylic acids is 2. The minimum atomic E-state index is -0.935. The summed E-state index contributed by atoms with van der Waals surface area (Å²) in [6.45, 7) is 17.4. The van der Waals surface area contributed by atoms with Crippen LogP contribution in [-0.2, 0) is 9.59 Å². The number of unbranched alkanes of at least 4 members (excludes halogenated alkanes) is 2. The molecule has 4 heteroatoms. The van der Waals surface area contributed by atoms with E-state index in [0.717, 1.165) is 25.7 Å². The third-order valence-electron chi connectivity index (χ3n) is 5.45. The average molecular weight is 397 g/mol. The molecular weight excluding hydrogens is 352 g/mol. The molecule has 0 aromatic carbocycles. The maximum Gasteiger partial charge on any atom is 0.331 e. The molecule has 2 N–H and O–H groups in total. The highest BCUT2D eigenvalue weighted by atomic mass is 16.4. The predicted molar refractivity (Wildman–Crippen MR) is 119 cm³/mol. The van der Waals surface area contributed by atoms with Crippen LogP contribution in [0.15, 0.2) is 24.3 Å². The molecule has 0 spiro atoms. The number of carboxylic acid groups (broad SMARTS) is 2. The third-order valence-corrected chi connectivity index (χ3v) is 5.45. The SMILES string of the molecule is C=C(C(=O)O)C(CC(CC)CCCC)CC(CC)CCCC.C=C(C)C(=O)O. The Morgan fingerprint density at radius 3 is 1.36 bits per heavy atom. The van der Waals surface area contributed by atoms with Crippen molar-refractivity contribution in [1.82, 2.24) is 0 Å². The number of carboxylic acids is 2. The smallest absolute Gasteiger partial charge is 0.331 e. The van der Waals surface area contributed by atoms with Crippen LogP contribution in [-0.4, -0.2) is 22.2 Å². The molecule has 0 aliphatic carbocycles. The van der Waals surface area contributed by atoms with Gasteiger partial charge in [0.25, 0.3) is 0 Å². The topological polar surface area (TPSA) is 74.6 Å². The Morgan fingerprint density at radius 2 is 1.14 bits per heavy atom. The lowest BCUT2D eigenvalue weighted by Gasteiger charge is -2.26. The van der Waals surface area contributed by atoms with Crippen molar-refractivity contribution < 1.29 is 19.8 Å². The molecule has 0 aromatic rings. The summed E-state index contributed by atoms with van der Waals surface area (Å²) in [5.74, 6) is -0.300. The summed E-state index contributed by atoms with van der Waals surface area (Å²) in [6, 6.07) is 0. The second kappa shape index (κ2) is 17.5. The monoisotopic (exact) mass is 396 g/mol. The molecule has 0 aliphatic rings. The van der Waals surface area contributed by atoms with Gasteiger partial charge in [-0.3, -0.25) is 0 Å². The lowest BCUT2D eigenvalue weighted by Crippen LogP contribution is -2.19. The standard InChI is InChI=1S/C20H38O2.C4H6O2/c1-6-10-12-17(8-3)14-19(16(5)20(21)22)15-18(9-4)13-11-7-2;1-3(2)4(5)6/h17-19H,5-15H2,1-4H3,(H,21,22);1H2,2H3,(H,5,6). The highest BCUT2D eigenvalue weighted by Crippen LogP contribution is 2.33.